The van der Waals surface area contributed by atoms with Gasteiger partial charge in [0.2, 0.25) is 0 Å². The molecule has 1 N–H and O–H groups in total. The monoisotopic (exact) mass is 413 g/mol. The number of carboxylic acids is 1. The summed E-state index contributed by atoms with van der Waals surface area (Å²) in [6.45, 7) is 5.43. The van der Waals surface area contributed by atoms with Crippen molar-refractivity contribution in [2.75, 3.05) is 20.3 Å². The summed E-state index contributed by atoms with van der Waals surface area (Å²) in [6, 6.07) is 5.31. The van der Waals surface area contributed by atoms with Crippen molar-refractivity contribution >= 4 is 5.97 Å². The Labute approximate surface area is 175 Å². The number of nitrogens with zero attached hydrogens (tertiary/aromatic N) is 1. The maximum atomic E-state index is 12.4. The number of ether oxygens (including phenoxy) is 3. The maximum Gasteiger partial charge on any atom is 0.341 e. The van der Waals surface area contributed by atoms with E-state index >= 15 is 0 Å². The van der Waals surface area contributed by atoms with E-state index in [-0.39, 0.29) is 23.6 Å². The van der Waals surface area contributed by atoms with Gasteiger partial charge < -0.3 is 23.9 Å². The van der Waals surface area contributed by atoms with Gasteiger partial charge in [0, 0.05) is 30.5 Å². The summed E-state index contributed by atoms with van der Waals surface area (Å²) in [5.74, 6) is 0.279. The maximum absolute atomic E-state index is 12.4. The number of fused-ring (bicyclic) bond motifs is 3. The zero-order valence-corrected chi connectivity index (χ0v) is 17.5. The third kappa shape index (κ3) is 3.69. The SMILES string of the molecule is COc1cc2c(cc1OCC1CCCO1)CC(C(C)C)n1cc(C(=O)O)c(=O)cc1-2. The van der Waals surface area contributed by atoms with E-state index in [0.717, 1.165) is 30.6 Å². The van der Waals surface area contributed by atoms with E-state index < -0.39 is 11.4 Å². The summed E-state index contributed by atoms with van der Waals surface area (Å²) in [5.41, 5.74) is 1.91. The lowest BCUT2D eigenvalue weighted by molar-refractivity contribution is 0.0669. The first kappa shape index (κ1) is 20.5. The highest BCUT2D eigenvalue weighted by molar-refractivity contribution is 5.87. The van der Waals surface area contributed by atoms with Gasteiger partial charge in [-0.1, -0.05) is 13.8 Å². The Morgan fingerprint density at radius 2 is 2.10 bits per heavy atom. The molecule has 2 aliphatic heterocycles. The smallest absolute Gasteiger partial charge is 0.341 e. The molecule has 0 spiro atoms. The van der Waals surface area contributed by atoms with Crippen LogP contribution >= 0.6 is 0 Å². The molecule has 0 aliphatic carbocycles. The number of pyridine rings is 1. The van der Waals surface area contributed by atoms with Gasteiger partial charge in [-0.3, -0.25) is 4.79 Å². The van der Waals surface area contributed by atoms with Crippen LogP contribution in [-0.4, -0.2) is 42.1 Å². The molecule has 7 heteroatoms. The molecular weight excluding hydrogens is 386 g/mol. The largest absolute Gasteiger partial charge is 0.493 e. The highest BCUT2D eigenvalue weighted by Gasteiger charge is 2.29. The van der Waals surface area contributed by atoms with Crippen LogP contribution < -0.4 is 14.9 Å². The van der Waals surface area contributed by atoms with Crippen LogP contribution in [0, 0.1) is 5.92 Å². The second-order valence-corrected chi connectivity index (χ2v) is 8.27. The molecule has 1 fully saturated rings. The average Bonchev–Trinajstić information content (AvgIpc) is 3.23. The van der Waals surface area contributed by atoms with E-state index in [4.69, 9.17) is 14.2 Å². The molecule has 3 heterocycles. The van der Waals surface area contributed by atoms with Crippen LogP contribution in [0.2, 0.25) is 0 Å². The molecule has 1 aromatic carbocycles. The number of benzene rings is 1. The summed E-state index contributed by atoms with van der Waals surface area (Å²) in [7, 11) is 1.58. The second kappa shape index (κ2) is 8.14. The van der Waals surface area contributed by atoms with Crippen LogP contribution in [0.25, 0.3) is 11.3 Å². The topological polar surface area (TPSA) is 87.0 Å². The van der Waals surface area contributed by atoms with Crippen LogP contribution in [0.4, 0.5) is 0 Å². The van der Waals surface area contributed by atoms with Gasteiger partial charge in [-0.25, -0.2) is 4.79 Å². The van der Waals surface area contributed by atoms with Crippen molar-refractivity contribution < 1.29 is 24.1 Å². The Kier molecular flexibility index (Phi) is 5.56. The number of methoxy groups -OCH3 is 1. The third-order valence-corrected chi connectivity index (χ3v) is 5.98. The van der Waals surface area contributed by atoms with Gasteiger partial charge in [-0.15, -0.1) is 0 Å². The molecule has 2 aromatic rings. The molecule has 30 heavy (non-hydrogen) atoms. The molecule has 160 valence electrons. The van der Waals surface area contributed by atoms with Crippen molar-refractivity contribution in [3.05, 3.63) is 45.7 Å². The molecule has 1 saturated heterocycles. The molecule has 0 saturated carbocycles. The van der Waals surface area contributed by atoms with Crippen molar-refractivity contribution in [1.29, 1.82) is 0 Å². The predicted molar refractivity (Wildman–Crippen MR) is 112 cm³/mol. The second-order valence-electron chi connectivity index (χ2n) is 8.27. The van der Waals surface area contributed by atoms with Crippen LogP contribution in [-0.2, 0) is 11.2 Å². The van der Waals surface area contributed by atoms with Crippen molar-refractivity contribution in [3.8, 4) is 22.8 Å². The Bertz CT molecular complexity index is 1020. The van der Waals surface area contributed by atoms with Gasteiger partial charge in [0.1, 0.15) is 12.2 Å². The first-order valence-corrected chi connectivity index (χ1v) is 10.3. The number of rotatable bonds is 6. The van der Waals surface area contributed by atoms with E-state index in [2.05, 4.69) is 13.8 Å². The molecule has 0 radical (unpaired) electrons. The Morgan fingerprint density at radius 3 is 2.73 bits per heavy atom. The fraction of sp³-hybridized carbons (Fsp3) is 0.478. The lowest BCUT2D eigenvalue weighted by Gasteiger charge is -2.33. The summed E-state index contributed by atoms with van der Waals surface area (Å²) < 4.78 is 19.2. The highest BCUT2D eigenvalue weighted by atomic mass is 16.5. The molecule has 4 rings (SSSR count). The van der Waals surface area contributed by atoms with Gasteiger partial charge >= 0.3 is 5.97 Å². The number of hydrogen-bond acceptors (Lipinski definition) is 5. The van der Waals surface area contributed by atoms with Gasteiger partial charge in [0.15, 0.2) is 16.9 Å². The van der Waals surface area contributed by atoms with Crippen LogP contribution in [0.15, 0.2) is 29.2 Å². The molecule has 1 aromatic heterocycles. The van der Waals surface area contributed by atoms with Gasteiger partial charge in [-0.2, -0.15) is 0 Å². The number of hydrogen-bond donors (Lipinski definition) is 1. The van der Waals surface area contributed by atoms with Gasteiger partial charge in [0.25, 0.3) is 0 Å². The first-order valence-electron chi connectivity index (χ1n) is 10.3. The molecule has 2 unspecified atom stereocenters. The van der Waals surface area contributed by atoms with Crippen molar-refractivity contribution in [2.45, 2.75) is 45.3 Å². The number of carbonyl (C=O) groups is 1. The summed E-state index contributed by atoms with van der Waals surface area (Å²) in [6.07, 6.45) is 4.33. The number of aromatic carboxylic acids is 1. The van der Waals surface area contributed by atoms with Crippen LogP contribution in [0.1, 0.15) is 48.7 Å². The average molecular weight is 413 g/mol. The van der Waals surface area contributed by atoms with E-state index in [1.165, 1.54) is 12.3 Å². The fourth-order valence-corrected chi connectivity index (χ4v) is 4.32. The minimum atomic E-state index is -1.21. The molecule has 7 nitrogen and oxygen atoms in total. The highest BCUT2D eigenvalue weighted by Crippen LogP contribution is 2.42. The zero-order valence-electron chi connectivity index (χ0n) is 17.5. The van der Waals surface area contributed by atoms with Crippen molar-refractivity contribution in [2.24, 2.45) is 5.92 Å². The van der Waals surface area contributed by atoms with Crippen LogP contribution in [0.3, 0.4) is 0 Å². The number of carboxylic acid groups (broad SMARTS) is 1. The first-order chi connectivity index (χ1) is 14.4. The lowest BCUT2D eigenvalue weighted by Crippen LogP contribution is -2.28. The summed E-state index contributed by atoms with van der Waals surface area (Å²) in [5, 5.41) is 9.39. The normalized spacial score (nSPS) is 20.0. The summed E-state index contributed by atoms with van der Waals surface area (Å²) >= 11 is 0. The zero-order chi connectivity index (χ0) is 21.4. The van der Waals surface area contributed by atoms with Gasteiger partial charge in [0.05, 0.1) is 18.9 Å². The molecule has 2 aliphatic rings. The molecule has 2 atom stereocenters. The minimum Gasteiger partial charge on any atom is -0.493 e. The fourth-order valence-electron chi connectivity index (χ4n) is 4.32. The van der Waals surface area contributed by atoms with Crippen LogP contribution in [0.5, 0.6) is 11.5 Å². The van der Waals surface area contributed by atoms with Crippen molar-refractivity contribution in [3.63, 3.8) is 0 Å². The van der Waals surface area contributed by atoms with Gasteiger partial charge in [-0.05, 0) is 42.9 Å². The molecular formula is C23H27NO6. The Balaban J connectivity index is 1.78. The van der Waals surface area contributed by atoms with E-state index in [0.29, 0.717) is 30.2 Å². The minimum absolute atomic E-state index is 0.0330. The Hall–Kier alpha value is -2.80. The molecule has 0 bridgehead atoms. The van der Waals surface area contributed by atoms with E-state index in [1.807, 2.05) is 16.7 Å². The third-order valence-electron chi connectivity index (χ3n) is 5.98. The predicted octanol–water partition coefficient (Wildman–Crippen LogP) is 3.53. The summed E-state index contributed by atoms with van der Waals surface area (Å²) in [4.78, 5) is 23.9. The van der Waals surface area contributed by atoms with E-state index in [1.54, 1.807) is 7.11 Å². The standard InChI is InChI=1S/C23H27NO6/c1-13(2)18-7-14-8-22(30-12-15-5-4-6-29-15)21(28-3)9-16(14)19-10-20(25)17(23(26)27)11-24(18)19/h8-11,13,15,18H,4-7,12H2,1-3H3,(H,26,27). The Morgan fingerprint density at radius 1 is 1.30 bits per heavy atom. The molecule has 0 amide bonds. The van der Waals surface area contributed by atoms with Crippen molar-refractivity contribution in [1.82, 2.24) is 4.57 Å². The lowest BCUT2D eigenvalue weighted by atomic mass is 9.87. The van der Waals surface area contributed by atoms with E-state index in [9.17, 15) is 14.7 Å². The number of aromatic nitrogens is 1. The quantitative estimate of drug-likeness (QED) is 0.780.